The molecule has 1 atom stereocenters. The summed E-state index contributed by atoms with van der Waals surface area (Å²) < 4.78 is 23.8. The Morgan fingerprint density at radius 2 is 2.32 bits per heavy atom. The predicted molar refractivity (Wildman–Crippen MR) is 81.7 cm³/mol. The van der Waals surface area contributed by atoms with Gasteiger partial charge in [-0.25, -0.2) is 13.4 Å². The molecule has 106 valence electrons. The van der Waals surface area contributed by atoms with Crippen molar-refractivity contribution in [3.05, 3.63) is 18.2 Å². The second-order valence-electron chi connectivity index (χ2n) is 4.46. The van der Waals surface area contributed by atoms with Crippen LogP contribution in [-0.4, -0.2) is 49.6 Å². The number of hydrogen-bond acceptors (Lipinski definition) is 6. The molecule has 5 nitrogen and oxygen atoms in total. The lowest BCUT2D eigenvalue weighted by molar-refractivity contribution is 0.583. The highest BCUT2D eigenvalue weighted by Crippen LogP contribution is 2.26. The van der Waals surface area contributed by atoms with Gasteiger partial charge in [0.15, 0.2) is 9.84 Å². The molecule has 0 bridgehead atoms. The van der Waals surface area contributed by atoms with Crippen molar-refractivity contribution < 1.29 is 8.42 Å². The van der Waals surface area contributed by atoms with Crippen molar-refractivity contribution in [3.63, 3.8) is 0 Å². The van der Waals surface area contributed by atoms with Crippen LogP contribution in [0.2, 0.25) is 0 Å². The van der Waals surface area contributed by atoms with Gasteiger partial charge in [-0.3, -0.25) is 0 Å². The van der Waals surface area contributed by atoms with Crippen molar-refractivity contribution in [2.75, 3.05) is 41.1 Å². The van der Waals surface area contributed by atoms with Crippen LogP contribution in [0.1, 0.15) is 6.92 Å². The Bertz CT molecular complexity index is 534. The summed E-state index contributed by atoms with van der Waals surface area (Å²) in [4.78, 5) is 6.39. The van der Waals surface area contributed by atoms with Crippen LogP contribution in [0.5, 0.6) is 0 Å². The van der Waals surface area contributed by atoms with Crippen LogP contribution in [0.15, 0.2) is 18.2 Å². The molecule has 1 N–H and O–H groups in total. The highest BCUT2D eigenvalue weighted by atomic mass is 32.2. The number of nitrogens with zero attached hydrogens (tertiary/aromatic N) is 2. The van der Waals surface area contributed by atoms with Gasteiger partial charge in [-0.2, -0.15) is 11.8 Å². The first kappa shape index (κ1) is 14.5. The van der Waals surface area contributed by atoms with Crippen LogP contribution < -0.4 is 10.2 Å². The van der Waals surface area contributed by atoms with E-state index in [4.69, 9.17) is 0 Å². The summed E-state index contributed by atoms with van der Waals surface area (Å²) in [5.74, 6) is 3.05. The largest absolute Gasteiger partial charge is 0.370 e. The number of nitrogens with one attached hydrogen (secondary N) is 1. The van der Waals surface area contributed by atoms with E-state index in [-0.39, 0.29) is 0 Å². The van der Waals surface area contributed by atoms with Gasteiger partial charge in [0.2, 0.25) is 0 Å². The molecule has 0 spiro atoms. The smallest absolute Gasteiger partial charge is 0.169 e. The highest BCUT2D eigenvalue weighted by molar-refractivity contribution is 8.01. The Morgan fingerprint density at radius 1 is 1.53 bits per heavy atom. The lowest BCUT2D eigenvalue weighted by Gasteiger charge is -2.35. The molecule has 0 saturated carbocycles. The number of hydrogen-bond donors (Lipinski definition) is 1. The average Bonchev–Trinajstić information content (AvgIpc) is 2.38. The molecule has 19 heavy (non-hydrogen) atoms. The standard InChI is InChI=1S/C12H19N3O2S2/c1-3-13-10-5-4-6-11(14-10)15-7-8-18-9-12(15)19(2,16)17/h4-6,12H,3,7-9H2,1-2H3,(H,13,14). The van der Waals surface area contributed by atoms with E-state index in [1.807, 2.05) is 30.0 Å². The molecule has 0 aliphatic carbocycles. The summed E-state index contributed by atoms with van der Waals surface area (Å²) in [6.07, 6.45) is 1.30. The maximum atomic E-state index is 11.9. The zero-order valence-corrected chi connectivity index (χ0v) is 12.8. The number of rotatable bonds is 4. The van der Waals surface area contributed by atoms with Crippen LogP contribution in [0.4, 0.5) is 11.6 Å². The monoisotopic (exact) mass is 301 g/mol. The Kier molecular flexibility index (Phi) is 4.57. The van der Waals surface area contributed by atoms with Crippen LogP contribution in [0, 0.1) is 0 Å². The number of pyridine rings is 1. The molecule has 0 amide bonds. The first-order valence-corrected chi connectivity index (χ1v) is 9.37. The molecule has 1 unspecified atom stereocenters. The molecule has 1 fully saturated rings. The Hall–Kier alpha value is -0.950. The van der Waals surface area contributed by atoms with E-state index in [1.165, 1.54) is 6.26 Å². The van der Waals surface area contributed by atoms with E-state index in [0.29, 0.717) is 12.3 Å². The van der Waals surface area contributed by atoms with E-state index in [0.717, 1.165) is 23.9 Å². The Morgan fingerprint density at radius 3 is 3.00 bits per heavy atom. The normalized spacial score (nSPS) is 20.3. The maximum Gasteiger partial charge on any atom is 0.169 e. The molecular weight excluding hydrogens is 282 g/mol. The van der Waals surface area contributed by atoms with E-state index >= 15 is 0 Å². The summed E-state index contributed by atoms with van der Waals surface area (Å²) in [5.41, 5.74) is 0. The van der Waals surface area contributed by atoms with Gasteiger partial charge in [0.1, 0.15) is 17.0 Å². The van der Waals surface area contributed by atoms with Crippen molar-refractivity contribution in [1.29, 1.82) is 0 Å². The SMILES string of the molecule is CCNc1cccc(N2CCSCC2S(C)(=O)=O)n1. The van der Waals surface area contributed by atoms with E-state index in [1.54, 1.807) is 11.8 Å². The summed E-state index contributed by atoms with van der Waals surface area (Å²) in [7, 11) is -3.10. The molecule has 1 aromatic heterocycles. The molecule has 1 saturated heterocycles. The zero-order chi connectivity index (χ0) is 13.9. The van der Waals surface area contributed by atoms with Crippen LogP contribution >= 0.6 is 11.8 Å². The number of anilines is 2. The van der Waals surface area contributed by atoms with Crippen LogP contribution in [0.25, 0.3) is 0 Å². The van der Waals surface area contributed by atoms with E-state index < -0.39 is 15.2 Å². The molecule has 0 aromatic carbocycles. The van der Waals surface area contributed by atoms with Crippen molar-refractivity contribution in [1.82, 2.24) is 4.98 Å². The third-order valence-corrected chi connectivity index (χ3v) is 5.61. The third-order valence-electron chi connectivity index (χ3n) is 2.97. The number of aromatic nitrogens is 1. The Labute approximate surface area is 118 Å². The van der Waals surface area contributed by atoms with Gasteiger partial charge in [-0.05, 0) is 19.1 Å². The predicted octanol–water partition coefficient (Wildman–Crippen LogP) is 1.44. The van der Waals surface area contributed by atoms with Gasteiger partial charge in [-0.15, -0.1) is 0 Å². The molecule has 1 aliphatic rings. The van der Waals surface area contributed by atoms with Crippen LogP contribution in [-0.2, 0) is 9.84 Å². The molecular formula is C12H19N3O2S2. The second kappa shape index (κ2) is 6.00. The van der Waals surface area contributed by atoms with Crippen molar-refractivity contribution >= 4 is 33.2 Å². The molecule has 2 rings (SSSR count). The number of sulfone groups is 1. The Balaban J connectivity index is 2.29. The fraction of sp³-hybridized carbons (Fsp3) is 0.583. The lowest BCUT2D eigenvalue weighted by atomic mass is 10.4. The first-order chi connectivity index (χ1) is 9.02. The summed E-state index contributed by atoms with van der Waals surface area (Å²) in [5, 5.41) is 2.67. The summed E-state index contributed by atoms with van der Waals surface area (Å²) in [6, 6.07) is 5.66. The third kappa shape index (κ3) is 3.54. The summed E-state index contributed by atoms with van der Waals surface area (Å²) >= 11 is 1.68. The highest BCUT2D eigenvalue weighted by Gasteiger charge is 2.31. The summed E-state index contributed by atoms with van der Waals surface area (Å²) in [6.45, 7) is 3.51. The lowest BCUT2D eigenvalue weighted by Crippen LogP contribution is -2.47. The van der Waals surface area contributed by atoms with Gasteiger partial charge in [0.05, 0.1) is 0 Å². The van der Waals surface area contributed by atoms with Gasteiger partial charge >= 0.3 is 0 Å². The van der Waals surface area contributed by atoms with Gasteiger partial charge in [-0.1, -0.05) is 6.07 Å². The molecule has 1 aliphatic heterocycles. The molecule has 7 heteroatoms. The van der Waals surface area contributed by atoms with Gasteiger partial charge < -0.3 is 10.2 Å². The van der Waals surface area contributed by atoms with Gasteiger partial charge in [0, 0.05) is 30.9 Å². The van der Waals surface area contributed by atoms with Gasteiger partial charge in [0.25, 0.3) is 0 Å². The molecule has 1 aromatic rings. The van der Waals surface area contributed by atoms with Crippen LogP contribution in [0.3, 0.4) is 0 Å². The fourth-order valence-electron chi connectivity index (χ4n) is 2.06. The van der Waals surface area contributed by atoms with Crippen molar-refractivity contribution in [3.8, 4) is 0 Å². The minimum atomic E-state index is -3.10. The topological polar surface area (TPSA) is 62.3 Å². The minimum Gasteiger partial charge on any atom is -0.370 e. The first-order valence-electron chi connectivity index (χ1n) is 6.26. The van der Waals surface area contributed by atoms with E-state index in [2.05, 4.69) is 10.3 Å². The molecule has 0 radical (unpaired) electrons. The molecule has 2 heterocycles. The second-order valence-corrected chi connectivity index (χ2v) is 7.82. The average molecular weight is 301 g/mol. The number of thioether (sulfide) groups is 1. The quantitative estimate of drug-likeness (QED) is 0.908. The zero-order valence-electron chi connectivity index (χ0n) is 11.2. The fourth-order valence-corrected chi connectivity index (χ4v) is 4.89. The van der Waals surface area contributed by atoms with Crippen molar-refractivity contribution in [2.24, 2.45) is 0 Å². The minimum absolute atomic E-state index is 0.476. The van der Waals surface area contributed by atoms with Crippen molar-refractivity contribution in [2.45, 2.75) is 12.3 Å². The van der Waals surface area contributed by atoms with E-state index in [9.17, 15) is 8.42 Å². The maximum absolute atomic E-state index is 11.9.